The average Bonchev–Trinajstić information content (AvgIpc) is 2.38. The van der Waals surface area contributed by atoms with Crippen LogP contribution >= 0.6 is 0 Å². The fourth-order valence-electron chi connectivity index (χ4n) is 1.58. The molecule has 0 spiro atoms. The molecule has 0 saturated heterocycles. The molecule has 0 aromatic heterocycles. The lowest BCUT2D eigenvalue weighted by molar-refractivity contribution is 0.0813. The number of benzene rings is 2. The topological polar surface area (TPSA) is 74.6 Å². The number of Topliss-reactive ketones (excluding diaryl/α,β-unsaturated/α-hetero) is 2. The van der Waals surface area contributed by atoms with E-state index in [1.165, 1.54) is 24.3 Å². The lowest BCUT2D eigenvalue weighted by Crippen LogP contribution is -2.14. The number of rotatable bonds is 3. The van der Waals surface area contributed by atoms with Crippen molar-refractivity contribution in [2.75, 3.05) is 0 Å². The van der Waals surface area contributed by atoms with Crippen LogP contribution in [0.2, 0.25) is 0 Å². The smallest absolute Gasteiger partial charge is 0.237 e. The zero-order valence-corrected chi connectivity index (χ0v) is 9.33. The Morgan fingerprint density at radius 2 is 1.00 bits per heavy atom. The van der Waals surface area contributed by atoms with Gasteiger partial charge in [0.1, 0.15) is 11.5 Å². The van der Waals surface area contributed by atoms with E-state index in [4.69, 9.17) is 0 Å². The van der Waals surface area contributed by atoms with E-state index < -0.39 is 11.6 Å². The van der Waals surface area contributed by atoms with Crippen molar-refractivity contribution in [1.29, 1.82) is 0 Å². The van der Waals surface area contributed by atoms with Gasteiger partial charge in [0.05, 0.1) is 11.1 Å². The Balaban J connectivity index is 2.39. The van der Waals surface area contributed by atoms with Crippen molar-refractivity contribution in [3.8, 4) is 11.5 Å². The third-order valence-electron chi connectivity index (χ3n) is 2.50. The standard InChI is InChI=1S/C14H10O4/c15-11-7-3-1-5-9(11)13(17)14(18)10-6-2-4-8-12(10)16/h1-8,15-16H. The third-order valence-corrected chi connectivity index (χ3v) is 2.50. The first-order chi connectivity index (χ1) is 8.61. The van der Waals surface area contributed by atoms with E-state index in [2.05, 4.69) is 0 Å². The predicted molar refractivity (Wildman–Crippen MR) is 64.9 cm³/mol. The molecule has 0 fully saturated rings. The molecule has 0 aliphatic heterocycles. The summed E-state index contributed by atoms with van der Waals surface area (Å²) < 4.78 is 0. The van der Waals surface area contributed by atoms with Crippen molar-refractivity contribution in [2.24, 2.45) is 0 Å². The van der Waals surface area contributed by atoms with Crippen molar-refractivity contribution < 1.29 is 19.8 Å². The number of hydrogen-bond donors (Lipinski definition) is 2. The van der Waals surface area contributed by atoms with E-state index in [0.717, 1.165) is 0 Å². The number of hydrogen-bond acceptors (Lipinski definition) is 4. The van der Waals surface area contributed by atoms with Crippen molar-refractivity contribution in [3.05, 3.63) is 59.7 Å². The third kappa shape index (κ3) is 2.08. The molecule has 2 aromatic rings. The van der Waals surface area contributed by atoms with Crippen LogP contribution in [0, 0.1) is 0 Å². The molecule has 0 bridgehead atoms. The van der Waals surface area contributed by atoms with Crippen LogP contribution < -0.4 is 0 Å². The normalized spacial score (nSPS) is 10.0. The second-order valence-corrected chi connectivity index (χ2v) is 3.69. The maximum absolute atomic E-state index is 11.9. The lowest BCUT2D eigenvalue weighted by Gasteiger charge is -2.04. The summed E-state index contributed by atoms with van der Waals surface area (Å²) in [6, 6.07) is 11.6. The second-order valence-electron chi connectivity index (χ2n) is 3.69. The molecule has 4 nitrogen and oxygen atoms in total. The van der Waals surface area contributed by atoms with Gasteiger partial charge in [0.25, 0.3) is 0 Å². The zero-order chi connectivity index (χ0) is 13.1. The van der Waals surface area contributed by atoms with Crippen LogP contribution in [0.5, 0.6) is 11.5 Å². The van der Waals surface area contributed by atoms with Crippen molar-refractivity contribution in [3.63, 3.8) is 0 Å². The van der Waals surface area contributed by atoms with Crippen molar-refractivity contribution >= 4 is 11.6 Å². The van der Waals surface area contributed by atoms with E-state index in [1.54, 1.807) is 24.3 Å². The molecule has 0 amide bonds. The minimum Gasteiger partial charge on any atom is -0.507 e. The molecule has 2 rings (SSSR count). The van der Waals surface area contributed by atoms with Gasteiger partial charge in [0.2, 0.25) is 11.6 Å². The van der Waals surface area contributed by atoms with E-state index in [-0.39, 0.29) is 22.6 Å². The molecule has 2 aromatic carbocycles. The number of carbonyl (C=O) groups is 2. The van der Waals surface area contributed by atoms with Crippen LogP contribution in [-0.4, -0.2) is 21.8 Å². The highest BCUT2D eigenvalue weighted by Crippen LogP contribution is 2.21. The lowest BCUT2D eigenvalue weighted by atomic mass is 10.0. The molecule has 0 aliphatic rings. The molecule has 0 unspecified atom stereocenters. The number of phenolic OH excluding ortho intramolecular Hbond substituents is 2. The van der Waals surface area contributed by atoms with E-state index in [9.17, 15) is 19.8 Å². The Bertz CT molecular complexity index is 561. The number of ketones is 2. The summed E-state index contributed by atoms with van der Waals surface area (Å²) in [6.45, 7) is 0. The Morgan fingerprint density at radius 1 is 0.667 bits per heavy atom. The summed E-state index contributed by atoms with van der Waals surface area (Å²) in [7, 11) is 0. The molecule has 2 N–H and O–H groups in total. The highest BCUT2D eigenvalue weighted by Gasteiger charge is 2.22. The summed E-state index contributed by atoms with van der Waals surface area (Å²) in [5, 5.41) is 19.0. The number of para-hydroxylation sites is 2. The van der Waals surface area contributed by atoms with Crippen LogP contribution in [0.4, 0.5) is 0 Å². The van der Waals surface area contributed by atoms with Crippen LogP contribution in [0.25, 0.3) is 0 Å². The fraction of sp³-hybridized carbons (Fsp3) is 0. The summed E-state index contributed by atoms with van der Waals surface area (Å²) in [6.07, 6.45) is 0. The molecular formula is C14H10O4. The minimum absolute atomic E-state index is 0.0780. The zero-order valence-electron chi connectivity index (χ0n) is 9.33. The van der Waals surface area contributed by atoms with Gasteiger partial charge in [-0.05, 0) is 24.3 Å². The van der Waals surface area contributed by atoms with Gasteiger partial charge >= 0.3 is 0 Å². The average molecular weight is 242 g/mol. The molecule has 18 heavy (non-hydrogen) atoms. The molecular weight excluding hydrogens is 232 g/mol. The number of carbonyl (C=O) groups excluding carboxylic acids is 2. The van der Waals surface area contributed by atoms with E-state index in [1.807, 2.05) is 0 Å². The molecule has 4 heteroatoms. The maximum Gasteiger partial charge on any atom is 0.237 e. The van der Waals surface area contributed by atoms with Gasteiger partial charge < -0.3 is 10.2 Å². The Kier molecular flexibility index (Phi) is 3.10. The summed E-state index contributed by atoms with van der Waals surface area (Å²) in [5.41, 5.74) is -0.156. The second kappa shape index (κ2) is 4.71. The van der Waals surface area contributed by atoms with Gasteiger partial charge in [0.15, 0.2) is 0 Å². The summed E-state index contributed by atoms with van der Waals surface area (Å²) in [5.74, 6) is -2.22. The minimum atomic E-state index is -0.852. The van der Waals surface area contributed by atoms with Crippen LogP contribution in [0.1, 0.15) is 20.7 Å². The first kappa shape index (κ1) is 11.9. The molecule has 0 radical (unpaired) electrons. The van der Waals surface area contributed by atoms with Crippen LogP contribution in [0.15, 0.2) is 48.5 Å². The number of aromatic hydroxyl groups is 2. The van der Waals surface area contributed by atoms with Gasteiger partial charge in [-0.1, -0.05) is 24.3 Å². The van der Waals surface area contributed by atoms with Crippen LogP contribution in [0.3, 0.4) is 0 Å². The first-order valence-corrected chi connectivity index (χ1v) is 5.26. The van der Waals surface area contributed by atoms with Crippen LogP contribution in [-0.2, 0) is 0 Å². The summed E-state index contributed by atoms with van der Waals surface area (Å²) in [4.78, 5) is 23.8. The summed E-state index contributed by atoms with van der Waals surface area (Å²) >= 11 is 0. The maximum atomic E-state index is 11.9. The van der Waals surface area contributed by atoms with Gasteiger partial charge in [-0.25, -0.2) is 0 Å². The predicted octanol–water partition coefficient (Wildman–Crippen LogP) is 2.16. The van der Waals surface area contributed by atoms with Crippen molar-refractivity contribution in [1.82, 2.24) is 0 Å². The largest absolute Gasteiger partial charge is 0.507 e. The van der Waals surface area contributed by atoms with E-state index in [0.29, 0.717) is 0 Å². The van der Waals surface area contributed by atoms with Gasteiger partial charge in [0, 0.05) is 0 Å². The van der Waals surface area contributed by atoms with Gasteiger partial charge in [-0.2, -0.15) is 0 Å². The monoisotopic (exact) mass is 242 g/mol. The Morgan fingerprint density at radius 3 is 1.33 bits per heavy atom. The SMILES string of the molecule is O=C(C(=O)c1ccccc1O)c1ccccc1O. The van der Waals surface area contributed by atoms with E-state index >= 15 is 0 Å². The highest BCUT2D eigenvalue weighted by atomic mass is 16.3. The van der Waals surface area contributed by atoms with Crippen molar-refractivity contribution in [2.45, 2.75) is 0 Å². The first-order valence-electron chi connectivity index (χ1n) is 5.26. The molecule has 0 saturated carbocycles. The fourth-order valence-corrected chi connectivity index (χ4v) is 1.58. The quantitative estimate of drug-likeness (QED) is 0.639. The molecule has 90 valence electrons. The molecule has 0 atom stereocenters. The Hall–Kier alpha value is -2.62. The molecule has 0 aliphatic carbocycles. The highest BCUT2D eigenvalue weighted by molar-refractivity contribution is 6.50. The van der Waals surface area contributed by atoms with Gasteiger partial charge in [-0.15, -0.1) is 0 Å². The molecule has 0 heterocycles. The Labute approximate surface area is 103 Å². The number of phenols is 2. The van der Waals surface area contributed by atoms with Gasteiger partial charge in [-0.3, -0.25) is 9.59 Å².